The lowest BCUT2D eigenvalue weighted by Gasteiger charge is -2.28. The Bertz CT molecular complexity index is 528. The molecule has 0 unspecified atom stereocenters. The summed E-state index contributed by atoms with van der Waals surface area (Å²) < 4.78 is 25.0. The standard InChI is InChI=1S/C16H23F2N3O2S/c17-15(18)24-14-7-3-2-6-13(14)20-16(23)19-10-12(22)11-21-8-4-1-5-9-21/h2-3,6-7,12,15,22H,1,4-5,8-11H2,(H2,19,20,23)/t12-/m0/s1. The monoisotopic (exact) mass is 359 g/mol. The number of benzene rings is 1. The summed E-state index contributed by atoms with van der Waals surface area (Å²) in [6, 6.07) is 5.87. The van der Waals surface area contributed by atoms with Gasteiger partial charge in [0, 0.05) is 18.0 Å². The summed E-state index contributed by atoms with van der Waals surface area (Å²) in [5.41, 5.74) is 0.325. The zero-order chi connectivity index (χ0) is 17.4. The van der Waals surface area contributed by atoms with Crippen molar-refractivity contribution in [3.63, 3.8) is 0 Å². The first-order valence-electron chi connectivity index (χ1n) is 8.03. The van der Waals surface area contributed by atoms with Gasteiger partial charge < -0.3 is 20.6 Å². The van der Waals surface area contributed by atoms with E-state index in [9.17, 15) is 18.7 Å². The number of carbonyl (C=O) groups excluding carboxylic acids is 1. The Morgan fingerprint density at radius 2 is 1.96 bits per heavy atom. The van der Waals surface area contributed by atoms with E-state index in [0.717, 1.165) is 25.9 Å². The Morgan fingerprint density at radius 3 is 2.67 bits per heavy atom. The molecular formula is C16H23F2N3O2S. The van der Waals surface area contributed by atoms with Gasteiger partial charge in [-0.15, -0.1) is 0 Å². The Hall–Kier alpha value is -1.38. The lowest BCUT2D eigenvalue weighted by Crippen LogP contribution is -2.43. The summed E-state index contributed by atoms with van der Waals surface area (Å²) >= 11 is 0.383. The minimum atomic E-state index is -2.55. The van der Waals surface area contributed by atoms with Gasteiger partial charge in [-0.05, 0) is 38.1 Å². The third kappa shape index (κ3) is 6.62. The predicted octanol–water partition coefficient (Wildman–Crippen LogP) is 2.97. The zero-order valence-corrected chi connectivity index (χ0v) is 14.2. The number of halogens is 2. The number of piperidine rings is 1. The zero-order valence-electron chi connectivity index (χ0n) is 13.4. The summed E-state index contributed by atoms with van der Waals surface area (Å²) in [5, 5.41) is 15.1. The van der Waals surface area contributed by atoms with E-state index >= 15 is 0 Å². The molecule has 24 heavy (non-hydrogen) atoms. The minimum Gasteiger partial charge on any atom is -0.390 e. The molecule has 1 fully saturated rings. The predicted molar refractivity (Wildman–Crippen MR) is 91.6 cm³/mol. The summed E-state index contributed by atoms with van der Waals surface area (Å²) in [4.78, 5) is 14.4. The number of β-amino-alcohol motifs (C(OH)–C–C–N with tert-alkyl or cyclic N) is 1. The van der Waals surface area contributed by atoms with Gasteiger partial charge in [0.15, 0.2) is 0 Å². The molecule has 8 heteroatoms. The van der Waals surface area contributed by atoms with Crippen molar-refractivity contribution in [1.29, 1.82) is 0 Å². The van der Waals surface area contributed by atoms with Gasteiger partial charge in [0.05, 0.1) is 11.8 Å². The van der Waals surface area contributed by atoms with Crippen LogP contribution in [-0.2, 0) is 0 Å². The molecule has 134 valence electrons. The highest BCUT2D eigenvalue weighted by molar-refractivity contribution is 7.99. The van der Waals surface area contributed by atoms with Crippen molar-refractivity contribution in [2.45, 2.75) is 36.0 Å². The quantitative estimate of drug-likeness (QED) is 0.655. The first kappa shape index (κ1) is 19.0. The van der Waals surface area contributed by atoms with E-state index in [1.165, 1.54) is 12.5 Å². The maximum atomic E-state index is 12.5. The van der Waals surface area contributed by atoms with E-state index < -0.39 is 17.9 Å². The van der Waals surface area contributed by atoms with E-state index in [-0.39, 0.29) is 6.54 Å². The maximum absolute atomic E-state index is 12.5. The summed E-state index contributed by atoms with van der Waals surface area (Å²) in [7, 11) is 0. The van der Waals surface area contributed by atoms with Crippen LogP contribution < -0.4 is 10.6 Å². The van der Waals surface area contributed by atoms with Crippen LogP contribution >= 0.6 is 11.8 Å². The third-order valence-corrected chi connectivity index (χ3v) is 4.56. The Balaban J connectivity index is 1.76. The van der Waals surface area contributed by atoms with Gasteiger partial charge in [-0.1, -0.05) is 30.3 Å². The second-order valence-electron chi connectivity index (χ2n) is 5.72. The fourth-order valence-electron chi connectivity index (χ4n) is 2.65. The summed E-state index contributed by atoms with van der Waals surface area (Å²) in [6.45, 7) is 2.59. The van der Waals surface area contributed by atoms with Crippen molar-refractivity contribution >= 4 is 23.5 Å². The number of likely N-dealkylation sites (tertiary alicyclic amines) is 1. The Labute approximate surface area is 144 Å². The normalized spacial score (nSPS) is 16.8. The number of alkyl halides is 2. The molecule has 1 heterocycles. The lowest BCUT2D eigenvalue weighted by atomic mass is 10.1. The topological polar surface area (TPSA) is 64.6 Å². The maximum Gasteiger partial charge on any atom is 0.319 e. The van der Waals surface area contributed by atoms with Crippen molar-refractivity contribution < 1.29 is 18.7 Å². The molecule has 0 bridgehead atoms. The molecule has 0 aromatic heterocycles. The van der Waals surface area contributed by atoms with Crippen LogP contribution in [0.3, 0.4) is 0 Å². The number of hydrogen-bond acceptors (Lipinski definition) is 4. The molecule has 5 nitrogen and oxygen atoms in total. The Morgan fingerprint density at radius 1 is 1.25 bits per heavy atom. The van der Waals surface area contributed by atoms with Gasteiger partial charge in [0.1, 0.15) is 0 Å². The molecule has 1 atom stereocenters. The molecule has 1 aromatic rings. The largest absolute Gasteiger partial charge is 0.390 e. The fraction of sp³-hybridized carbons (Fsp3) is 0.562. The van der Waals surface area contributed by atoms with E-state index in [2.05, 4.69) is 15.5 Å². The molecule has 0 radical (unpaired) electrons. The van der Waals surface area contributed by atoms with Gasteiger partial charge in [-0.3, -0.25) is 0 Å². The summed E-state index contributed by atoms with van der Waals surface area (Å²) in [5.74, 6) is -2.55. The van der Waals surface area contributed by atoms with Gasteiger partial charge in [-0.25, -0.2) is 4.79 Å². The number of nitrogens with one attached hydrogen (secondary N) is 2. The SMILES string of the molecule is O=C(NC[C@H](O)CN1CCCCC1)Nc1ccccc1SC(F)F. The minimum absolute atomic E-state index is 0.118. The van der Waals surface area contributed by atoms with Crippen LogP contribution in [0.15, 0.2) is 29.2 Å². The molecule has 2 rings (SSSR count). The van der Waals surface area contributed by atoms with Crippen LogP contribution in [0, 0.1) is 0 Å². The van der Waals surface area contributed by atoms with Crippen LogP contribution in [0.4, 0.5) is 19.3 Å². The molecule has 0 spiro atoms. The van der Waals surface area contributed by atoms with E-state index in [4.69, 9.17) is 0 Å². The highest BCUT2D eigenvalue weighted by Gasteiger charge is 2.16. The number of thioether (sulfide) groups is 1. The molecule has 3 N–H and O–H groups in total. The van der Waals surface area contributed by atoms with Crippen LogP contribution in [0.25, 0.3) is 0 Å². The number of para-hydroxylation sites is 1. The first-order chi connectivity index (χ1) is 11.5. The van der Waals surface area contributed by atoms with Crippen molar-refractivity contribution in [3.05, 3.63) is 24.3 Å². The fourth-order valence-corrected chi connectivity index (χ4v) is 3.25. The van der Waals surface area contributed by atoms with Crippen LogP contribution in [0.2, 0.25) is 0 Å². The van der Waals surface area contributed by atoms with Crippen LogP contribution in [0.5, 0.6) is 0 Å². The number of aliphatic hydroxyl groups excluding tert-OH is 1. The van der Waals surface area contributed by atoms with Crippen molar-refractivity contribution in [3.8, 4) is 0 Å². The number of anilines is 1. The molecule has 1 aliphatic heterocycles. The highest BCUT2D eigenvalue weighted by atomic mass is 32.2. The average Bonchev–Trinajstić information content (AvgIpc) is 2.55. The lowest BCUT2D eigenvalue weighted by molar-refractivity contribution is 0.102. The smallest absolute Gasteiger partial charge is 0.319 e. The highest BCUT2D eigenvalue weighted by Crippen LogP contribution is 2.31. The molecule has 1 aromatic carbocycles. The van der Waals surface area contributed by atoms with Gasteiger partial charge in [0.25, 0.3) is 5.76 Å². The van der Waals surface area contributed by atoms with Crippen LogP contribution in [-0.4, -0.2) is 54.1 Å². The van der Waals surface area contributed by atoms with Gasteiger partial charge in [-0.2, -0.15) is 8.78 Å². The number of rotatable bonds is 7. The summed E-state index contributed by atoms with van der Waals surface area (Å²) in [6.07, 6.45) is 2.85. The van der Waals surface area contributed by atoms with Crippen molar-refractivity contribution in [1.82, 2.24) is 10.2 Å². The number of amides is 2. The molecule has 1 aliphatic rings. The van der Waals surface area contributed by atoms with E-state index in [0.29, 0.717) is 28.9 Å². The average molecular weight is 359 g/mol. The van der Waals surface area contributed by atoms with E-state index in [1.807, 2.05) is 0 Å². The molecule has 2 amide bonds. The molecule has 0 saturated carbocycles. The van der Waals surface area contributed by atoms with Crippen LogP contribution in [0.1, 0.15) is 19.3 Å². The second kappa shape index (κ2) is 9.80. The third-order valence-electron chi connectivity index (χ3n) is 3.77. The molecular weight excluding hydrogens is 336 g/mol. The first-order valence-corrected chi connectivity index (χ1v) is 8.91. The number of nitrogens with zero attached hydrogens (tertiary/aromatic N) is 1. The molecule has 0 aliphatic carbocycles. The number of urea groups is 1. The molecule has 1 saturated heterocycles. The van der Waals surface area contributed by atoms with Crippen molar-refractivity contribution in [2.75, 3.05) is 31.5 Å². The Kier molecular flexibility index (Phi) is 7.74. The number of hydrogen-bond donors (Lipinski definition) is 3. The van der Waals surface area contributed by atoms with Crippen molar-refractivity contribution in [2.24, 2.45) is 0 Å². The van der Waals surface area contributed by atoms with Gasteiger partial charge in [0.2, 0.25) is 0 Å². The van der Waals surface area contributed by atoms with E-state index in [1.54, 1.807) is 18.2 Å². The van der Waals surface area contributed by atoms with Gasteiger partial charge >= 0.3 is 6.03 Å². The number of carbonyl (C=O) groups is 1. The number of aliphatic hydroxyl groups is 1. The second-order valence-corrected chi connectivity index (χ2v) is 6.76.